The number of anilines is 1. The predicted octanol–water partition coefficient (Wildman–Crippen LogP) is 4.76. The molecular formula is C20H21ClF3NO2Se. The first kappa shape index (κ1) is 22.8. The van der Waals surface area contributed by atoms with E-state index in [1.54, 1.807) is 25.1 Å². The zero-order valence-electron chi connectivity index (χ0n) is 15.6. The molecule has 0 heterocycles. The van der Waals surface area contributed by atoms with Crippen molar-refractivity contribution in [3.05, 3.63) is 59.1 Å². The second kappa shape index (κ2) is 9.31. The molecule has 1 atom stereocenters. The maximum atomic E-state index is 13.0. The Labute approximate surface area is 173 Å². The van der Waals surface area contributed by atoms with E-state index in [0.29, 0.717) is 10.7 Å². The molecule has 0 saturated carbocycles. The molecule has 8 heteroatoms. The van der Waals surface area contributed by atoms with E-state index in [1.807, 2.05) is 30.3 Å². The van der Waals surface area contributed by atoms with Gasteiger partial charge in [-0.05, 0) is 0 Å². The monoisotopic (exact) mass is 479 g/mol. The summed E-state index contributed by atoms with van der Waals surface area (Å²) in [5.74, 6) is -0.388. The number of hydrogen-bond donors (Lipinski definition) is 1. The molecule has 1 N–H and O–H groups in total. The van der Waals surface area contributed by atoms with Crippen LogP contribution >= 0.6 is 11.6 Å². The number of nitrogens with one attached hydrogen (secondary N) is 1. The van der Waals surface area contributed by atoms with E-state index in [4.69, 9.17) is 16.3 Å². The van der Waals surface area contributed by atoms with Crippen molar-refractivity contribution in [1.82, 2.24) is 0 Å². The number of halogens is 4. The van der Waals surface area contributed by atoms with Gasteiger partial charge in [0.2, 0.25) is 0 Å². The first-order valence-electron chi connectivity index (χ1n) is 8.47. The van der Waals surface area contributed by atoms with Crippen LogP contribution in [0.15, 0.2) is 48.5 Å². The van der Waals surface area contributed by atoms with Crippen molar-refractivity contribution >= 4 is 42.6 Å². The van der Waals surface area contributed by atoms with Crippen molar-refractivity contribution < 1.29 is 22.7 Å². The fraction of sp³-hybridized carbons (Fsp3) is 0.350. The van der Waals surface area contributed by atoms with Crippen LogP contribution in [0.5, 0.6) is 0 Å². The van der Waals surface area contributed by atoms with Crippen LogP contribution in [0.4, 0.5) is 18.9 Å². The van der Waals surface area contributed by atoms with Crippen LogP contribution in [0, 0.1) is 6.92 Å². The molecule has 0 fully saturated rings. The predicted molar refractivity (Wildman–Crippen MR) is 106 cm³/mol. The Kier molecular flexibility index (Phi) is 7.57. The van der Waals surface area contributed by atoms with Crippen molar-refractivity contribution in [1.29, 1.82) is 0 Å². The summed E-state index contributed by atoms with van der Waals surface area (Å²) in [5.41, 5.74) is 0.0196. The molecule has 0 radical (unpaired) electrons. The van der Waals surface area contributed by atoms with Gasteiger partial charge < -0.3 is 0 Å². The zero-order valence-corrected chi connectivity index (χ0v) is 18.1. The molecule has 3 nitrogen and oxygen atoms in total. The number of alkyl halides is 3. The van der Waals surface area contributed by atoms with Gasteiger partial charge in [0.05, 0.1) is 0 Å². The summed E-state index contributed by atoms with van der Waals surface area (Å²) < 4.78 is 44.1. The summed E-state index contributed by atoms with van der Waals surface area (Å²) in [4.78, 5) is 12.3. The van der Waals surface area contributed by atoms with E-state index in [9.17, 15) is 18.0 Å². The van der Waals surface area contributed by atoms with Gasteiger partial charge in [0, 0.05) is 0 Å². The number of benzene rings is 2. The molecule has 152 valence electrons. The number of ether oxygens (including phenoxy) is 1. The quantitative estimate of drug-likeness (QED) is 0.583. The van der Waals surface area contributed by atoms with Crippen LogP contribution < -0.4 is 9.78 Å². The maximum absolute atomic E-state index is 13.0. The van der Waals surface area contributed by atoms with Crippen molar-refractivity contribution in [3.8, 4) is 0 Å². The number of hydrogen-bond acceptors (Lipinski definition) is 2. The minimum absolute atomic E-state index is 0.388. The number of amides is 1. The second-order valence-electron chi connectivity index (χ2n) is 6.77. The van der Waals surface area contributed by atoms with E-state index in [1.165, 1.54) is 13.8 Å². The molecule has 0 saturated heterocycles. The van der Waals surface area contributed by atoms with Crippen molar-refractivity contribution in [2.24, 2.45) is 0 Å². The van der Waals surface area contributed by atoms with Crippen molar-refractivity contribution in [2.45, 2.75) is 37.4 Å². The summed E-state index contributed by atoms with van der Waals surface area (Å²) >= 11 is 5.50. The Hall–Kier alpha value is -1.53. The molecule has 0 bridgehead atoms. The number of carbonyl (C=O) groups excluding carboxylic acids is 1. The molecule has 0 aliphatic carbocycles. The first-order valence-corrected chi connectivity index (χ1v) is 10.7. The number of carbonyl (C=O) groups is 1. The summed E-state index contributed by atoms with van der Waals surface area (Å²) in [6, 6.07) is 14.2. The van der Waals surface area contributed by atoms with Gasteiger partial charge in [-0.2, -0.15) is 0 Å². The third-order valence-corrected chi connectivity index (χ3v) is 7.43. The van der Waals surface area contributed by atoms with E-state index in [2.05, 4.69) is 5.32 Å². The van der Waals surface area contributed by atoms with Crippen LogP contribution in [-0.4, -0.2) is 39.2 Å². The Morgan fingerprint density at radius 1 is 1.18 bits per heavy atom. The van der Waals surface area contributed by atoms with Crippen molar-refractivity contribution in [3.63, 3.8) is 0 Å². The molecular weight excluding hydrogens is 458 g/mol. The molecule has 0 spiro atoms. The summed E-state index contributed by atoms with van der Waals surface area (Å²) in [7, 11) is 0. The van der Waals surface area contributed by atoms with Gasteiger partial charge in [-0.15, -0.1) is 0 Å². The Bertz CT molecular complexity index is 813. The number of aryl methyl sites for hydroxylation is 1. The van der Waals surface area contributed by atoms with Gasteiger partial charge in [-0.25, -0.2) is 0 Å². The Morgan fingerprint density at radius 3 is 2.39 bits per heavy atom. The van der Waals surface area contributed by atoms with Gasteiger partial charge in [0.1, 0.15) is 0 Å². The van der Waals surface area contributed by atoms with E-state index in [-0.39, 0.29) is 5.91 Å². The molecule has 1 amide bonds. The van der Waals surface area contributed by atoms with Gasteiger partial charge in [0.15, 0.2) is 0 Å². The fourth-order valence-electron chi connectivity index (χ4n) is 2.46. The second-order valence-corrected chi connectivity index (χ2v) is 9.68. The average molecular weight is 479 g/mol. The third kappa shape index (κ3) is 6.82. The molecule has 28 heavy (non-hydrogen) atoms. The molecule has 1 unspecified atom stereocenters. The normalized spacial score (nSPS) is 13.2. The van der Waals surface area contributed by atoms with E-state index >= 15 is 0 Å². The van der Waals surface area contributed by atoms with Gasteiger partial charge in [-0.3, -0.25) is 0 Å². The molecule has 2 aromatic carbocycles. The molecule has 0 aliphatic heterocycles. The average Bonchev–Trinajstić information content (AvgIpc) is 2.60. The topological polar surface area (TPSA) is 38.3 Å². The zero-order chi connectivity index (χ0) is 20.9. The Balaban J connectivity index is 2.26. The fourth-order valence-corrected chi connectivity index (χ4v) is 5.00. The van der Waals surface area contributed by atoms with E-state index < -0.39 is 38.2 Å². The summed E-state index contributed by atoms with van der Waals surface area (Å²) in [5, 5.41) is 3.35. The minimum atomic E-state index is -4.47. The van der Waals surface area contributed by atoms with Gasteiger partial charge in [0.25, 0.3) is 0 Å². The Morgan fingerprint density at radius 2 is 1.82 bits per heavy atom. The van der Waals surface area contributed by atoms with Gasteiger partial charge >= 0.3 is 174 Å². The summed E-state index contributed by atoms with van der Waals surface area (Å²) in [6.45, 7) is 3.42. The molecule has 2 aromatic rings. The van der Waals surface area contributed by atoms with E-state index in [0.717, 1.165) is 10.0 Å². The van der Waals surface area contributed by atoms with Crippen LogP contribution in [-0.2, 0) is 9.53 Å². The van der Waals surface area contributed by atoms with Gasteiger partial charge in [-0.1, -0.05) is 0 Å². The molecule has 2 rings (SSSR count). The van der Waals surface area contributed by atoms with Crippen molar-refractivity contribution in [2.75, 3.05) is 11.9 Å². The van der Waals surface area contributed by atoms with Crippen LogP contribution in [0.2, 0.25) is 9.84 Å². The van der Waals surface area contributed by atoms with Crippen LogP contribution in [0.3, 0.4) is 0 Å². The standard InChI is InChI=1S/C20H21ClF3NO2Se/c1-13-11-14(21)9-10-16(13)25-18(26)17(28-15-7-5-4-6-8-15)19(2,3)27-12-20(22,23)24/h4-11,17H,12H2,1-3H3,(H,25,26). The molecule has 0 aromatic heterocycles. The summed E-state index contributed by atoms with van der Waals surface area (Å²) in [6.07, 6.45) is -4.47. The van der Waals surface area contributed by atoms with Crippen LogP contribution in [0.25, 0.3) is 0 Å². The SMILES string of the molecule is Cc1cc(Cl)ccc1NC(=O)C([Se]c1ccccc1)C(C)(C)OCC(F)(F)F. The number of rotatable bonds is 7. The van der Waals surface area contributed by atoms with Crippen LogP contribution in [0.1, 0.15) is 19.4 Å². The first-order chi connectivity index (χ1) is 13.0. The molecule has 0 aliphatic rings. The third-order valence-electron chi connectivity index (χ3n) is 3.92.